The Morgan fingerprint density at radius 1 is 0.821 bits per heavy atom. The molecule has 15 heteroatoms. The topological polar surface area (TPSA) is 203 Å². The molecule has 0 bridgehead atoms. The second kappa shape index (κ2) is 23.7. The average Bonchev–Trinajstić information content (AvgIpc) is 3.90. The molecule has 56 heavy (non-hydrogen) atoms. The largest absolute Gasteiger partial charge is 0.480 e. The number of fused-ring (bicyclic) bond motifs is 1. The number of carboxylic acid groups (broad SMARTS) is 1. The first-order valence-corrected chi connectivity index (χ1v) is 19.3. The Hall–Kier alpha value is -5.16. The van der Waals surface area contributed by atoms with Gasteiger partial charge in [0.1, 0.15) is 6.04 Å². The van der Waals surface area contributed by atoms with E-state index in [1.165, 1.54) is 5.56 Å². The van der Waals surface area contributed by atoms with Crippen LogP contribution in [0, 0.1) is 0 Å². The van der Waals surface area contributed by atoms with Crippen LogP contribution in [-0.2, 0) is 38.6 Å². The van der Waals surface area contributed by atoms with E-state index in [2.05, 4.69) is 60.6 Å². The highest BCUT2D eigenvalue weighted by molar-refractivity contribution is 5.98. The van der Waals surface area contributed by atoms with E-state index in [1.807, 2.05) is 35.0 Å². The van der Waals surface area contributed by atoms with E-state index >= 15 is 0 Å². The summed E-state index contributed by atoms with van der Waals surface area (Å²) in [6.07, 6.45) is 7.82. The van der Waals surface area contributed by atoms with Crippen LogP contribution in [0.5, 0.6) is 0 Å². The van der Waals surface area contributed by atoms with Crippen molar-refractivity contribution >= 4 is 28.7 Å². The molecule has 0 radical (unpaired) electrons. The normalized spacial score (nSPS) is 11.9. The standard InChI is InChI=1S/C41H55N9O6/c42-14-1-20-54-22-24-56-25-23-55-21-3-15-43-27-31-4-8-33(9-5-31)34-10-6-32(7-11-34)28-47-37(40(52)53)30-48-39(51)35-12-13-38-36(26-35)29-49-50(38)19-2-16-44-41-45-17-18-46-41/h4-13,17-18,26,29,37,43,47H,1-3,14-16,19-25,27-28,30,42H2,(H,48,51)(H,52,53)(H2,44,45,46). The van der Waals surface area contributed by atoms with Crippen LogP contribution in [0.15, 0.2) is 85.3 Å². The molecule has 1 atom stereocenters. The lowest BCUT2D eigenvalue weighted by atomic mass is 10.0. The van der Waals surface area contributed by atoms with Gasteiger partial charge < -0.3 is 46.0 Å². The van der Waals surface area contributed by atoms with Crippen LogP contribution in [0.1, 0.15) is 40.7 Å². The zero-order valence-corrected chi connectivity index (χ0v) is 31.9. The lowest BCUT2D eigenvalue weighted by Crippen LogP contribution is -2.45. The third-order valence-corrected chi connectivity index (χ3v) is 9.01. The lowest BCUT2D eigenvalue weighted by Gasteiger charge is -2.16. The number of amides is 1. The van der Waals surface area contributed by atoms with Crippen LogP contribution in [0.4, 0.5) is 5.95 Å². The van der Waals surface area contributed by atoms with E-state index in [0.717, 1.165) is 72.4 Å². The summed E-state index contributed by atoms with van der Waals surface area (Å²) in [7, 11) is 0. The van der Waals surface area contributed by atoms with E-state index in [1.54, 1.807) is 30.7 Å². The number of aromatic amines is 1. The number of rotatable bonds is 28. The molecule has 5 rings (SSSR count). The first-order valence-electron chi connectivity index (χ1n) is 19.3. The summed E-state index contributed by atoms with van der Waals surface area (Å²) in [6, 6.07) is 20.9. The van der Waals surface area contributed by atoms with Gasteiger partial charge in [-0.15, -0.1) is 0 Å². The Labute approximate surface area is 327 Å². The molecule has 0 saturated carbocycles. The van der Waals surface area contributed by atoms with Crippen molar-refractivity contribution in [3.8, 4) is 11.1 Å². The average molecular weight is 770 g/mol. The first kappa shape index (κ1) is 42.0. The van der Waals surface area contributed by atoms with E-state index in [9.17, 15) is 14.7 Å². The number of benzene rings is 3. The lowest BCUT2D eigenvalue weighted by molar-refractivity contribution is -0.139. The number of aromatic nitrogens is 4. The molecule has 2 heterocycles. The smallest absolute Gasteiger partial charge is 0.322 e. The maximum atomic E-state index is 13.0. The van der Waals surface area contributed by atoms with Gasteiger partial charge in [0.15, 0.2) is 5.95 Å². The van der Waals surface area contributed by atoms with Crippen molar-refractivity contribution in [2.45, 2.75) is 44.9 Å². The monoisotopic (exact) mass is 769 g/mol. The molecule has 0 fully saturated rings. The van der Waals surface area contributed by atoms with Crippen molar-refractivity contribution in [2.75, 3.05) is 71.1 Å². The van der Waals surface area contributed by atoms with E-state index in [0.29, 0.717) is 64.8 Å². The Morgan fingerprint density at radius 2 is 1.50 bits per heavy atom. The molecule has 300 valence electrons. The Kier molecular flexibility index (Phi) is 17.8. The summed E-state index contributed by atoms with van der Waals surface area (Å²) in [4.78, 5) is 32.2. The predicted octanol–water partition coefficient (Wildman–Crippen LogP) is 3.78. The van der Waals surface area contributed by atoms with Crippen molar-refractivity contribution in [2.24, 2.45) is 5.73 Å². The van der Waals surface area contributed by atoms with Crippen molar-refractivity contribution in [1.29, 1.82) is 0 Å². The van der Waals surface area contributed by atoms with Gasteiger partial charge in [-0.1, -0.05) is 48.5 Å². The molecule has 0 aliphatic rings. The fourth-order valence-corrected chi connectivity index (χ4v) is 5.88. The number of carbonyl (C=O) groups is 2. The summed E-state index contributed by atoms with van der Waals surface area (Å²) < 4.78 is 18.4. The number of anilines is 1. The number of aryl methyl sites for hydroxylation is 1. The summed E-state index contributed by atoms with van der Waals surface area (Å²) in [6.45, 7) is 7.63. The molecule has 1 amide bonds. The first-order chi connectivity index (χ1) is 27.5. The van der Waals surface area contributed by atoms with Gasteiger partial charge in [0, 0.05) is 69.3 Å². The Bertz CT molecular complexity index is 1870. The van der Waals surface area contributed by atoms with Gasteiger partial charge in [0.25, 0.3) is 5.91 Å². The summed E-state index contributed by atoms with van der Waals surface area (Å²) >= 11 is 0. The fourth-order valence-electron chi connectivity index (χ4n) is 5.88. The van der Waals surface area contributed by atoms with Crippen molar-refractivity contribution in [1.82, 2.24) is 35.7 Å². The summed E-state index contributed by atoms with van der Waals surface area (Å²) in [5.74, 6) is -0.658. The number of hydrogen-bond acceptors (Lipinski definition) is 11. The molecule has 0 saturated heterocycles. The Balaban J connectivity index is 0.962. The fraction of sp³-hybridized carbons (Fsp3) is 0.415. The third-order valence-electron chi connectivity index (χ3n) is 9.01. The highest BCUT2D eigenvalue weighted by atomic mass is 16.5. The van der Waals surface area contributed by atoms with Crippen LogP contribution in [0.25, 0.3) is 22.0 Å². The van der Waals surface area contributed by atoms with Gasteiger partial charge in [0.05, 0.1) is 38.1 Å². The molecule has 5 aromatic rings. The van der Waals surface area contributed by atoms with Gasteiger partial charge in [-0.05, 0) is 72.8 Å². The van der Waals surface area contributed by atoms with Gasteiger partial charge in [-0.2, -0.15) is 5.10 Å². The molecular formula is C41H55N9O6. The van der Waals surface area contributed by atoms with Crippen LogP contribution < -0.4 is 27.0 Å². The van der Waals surface area contributed by atoms with Crippen LogP contribution in [-0.4, -0.2) is 109 Å². The maximum Gasteiger partial charge on any atom is 0.322 e. The molecule has 0 spiro atoms. The van der Waals surface area contributed by atoms with Gasteiger partial charge in [0.2, 0.25) is 0 Å². The molecule has 0 aliphatic carbocycles. The number of ether oxygens (including phenoxy) is 3. The number of nitrogens with zero attached hydrogens (tertiary/aromatic N) is 3. The van der Waals surface area contributed by atoms with Gasteiger partial charge in [-0.3, -0.25) is 19.6 Å². The SMILES string of the molecule is NCCCOCCOCCOCCCNCc1ccc(-c2ccc(CNC(CNC(=O)c3ccc4c(cnn4CCCNc4ncc[nH]4)c3)C(=O)O)cc2)cc1. The van der Waals surface area contributed by atoms with Crippen LogP contribution in [0.2, 0.25) is 0 Å². The van der Waals surface area contributed by atoms with Crippen LogP contribution in [0.3, 0.4) is 0 Å². The molecule has 8 N–H and O–H groups in total. The minimum absolute atomic E-state index is 0.0656. The number of nitrogens with one attached hydrogen (secondary N) is 5. The highest BCUT2D eigenvalue weighted by Gasteiger charge is 2.19. The molecule has 15 nitrogen and oxygen atoms in total. The number of imidazole rings is 1. The van der Waals surface area contributed by atoms with Crippen molar-refractivity contribution < 1.29 is 28.9 Å². The quantitative estimate of drug-likeness (QED) is 0.0364. The second-order valence-electron chi connectivity index (χ2n) is 13.2. The number of carboxylic acids is 1. The molecular weight excluding hydrogens is 715 g/mol. The molecule has 0 aliphatic heterocycles. The number of carbonyl (C=O) groups excluding carboxylic acids is 1. The predicted molar refractivity (Wildman–Crippen MR) is 216 cm³/mol. The number of H-pyrrole nitrogens is 1. The van der Waals surface area contributed by atoms with E-state index in [4.69, 9.17) is 19.9 Å². The maximum absolute atomic E-state index is 13.0. The molecule has 2 aromatic heterocycles. The minimum atomic E-state index is -1.04. The highest BCUT2D eigenvalue weighted by Crippen LogP contribution is 2.21. The van der Waals surface area contributed by atoms with Crippen molar-refractivity contribution in [3.05, 3.63) is 102 Å². The molecule has 3 aromatic carbocycles. The third kappa shape index (κ3) is 14.2. The van der Waals surface area contributed by atoms with Gasteiger partial charge >= 0.3 is 5.97 Å². The number of nitrogens with two attached hydrogens (primary N) is 1. The zero-order valence-electron chi connectivity index (χ0n) is 31.9. The molecule has 1 unspecified atom stereocenters. The van der Waals surface area contributed by atoms with Crippen molar-refractivity contribution in [3.63, 3.8) is 0 Å². The van der Waals surface area contributed by atoms with Gasteiger partial charge in [-0.25, -0.2) is 4.98 Å². The summed E-state index contributed by atoms with van der Waals surface area (Å²) in [5, 5.41) is 27.7. The summed E-state index contributed by atoms with van der Waals surface area (Å²) in [5.41, 5.74) is 11.1. The second-order valence-corrected chi connectivity index (χ2v) is 13.2. The van der Waals surface area contributed by atoms with Crippen LogP contribution >= 0.6 is 0 Å². The Morgan fingerprint density at radius 3 is 2.16 bits per heavy atom. The zero-order chi connectivity index (χ0) is 39.2. The minimum Gasteiger partial charge on any atom is -0.480 e. The van der Waals surface area contributed by atoms with E-state index in [-0.39, 0.29) is 12.5 Å². The van der Waals surface area contributed by atoms with E-state index < -0.39 is 12.0 Å². The number of hydrogen-bond donors (Lipinski definition) is 7. The number of aliphatic carboxylic acids is 1.